The van der Waals surface area contributed by atoms with Crippen LogP contribution in [0.2, 0.25) is 0 Å². The number of hydrogen-bond acceptors (Lipinski definition) is 2. The van der Waals surface area contributed by atoms with Gasteiger partial charge in [0.05, 0.1) is 0 Å². The summed E-state index contributed by atoms with van der Waals surface area (Å²) >= 11 is 0. The van der Waals surface area contributed by atoms with Crippen molar-refractivity contribution in [3.63, 3.8) is 0 Å². The molecule has 0 heterocycles. The molecular formula is C12H20N2. The van der Waals surface area contributed by atoms with Crippen LogP contribution >= 0.6 is 0 Å². The van der Waals surface area contributed by atoms with Crippen LogP contribution in [0.25, 0.3) is 0 Å². The van der Waals surface area contributed by atoms with E-state index in [1.807, 2.05) is 0 Å². The molecule has 0 spiro atoms. The third-order valence-electron chi connectivity index (χ3n) is 2.15. The van der Waals surface area contributed by atoms with Gasteiger partial charge in [0, 0.05) is 31.5 Å². The fourth-order valence-corrected chi connectivity index (χ4v) is 1.51. The molecule has 1 aromatic carbocycles. The van der Waals surface area contributed by atoms with Crippen molar-refractivity contribution in [1.82, 2.24) is 0 Å². The van der Waals surface area contributed by atoms with Crippen LogP contribution in [0.3, 0.4) is 0 Å². The van der Waals surface area contributed by atoms with E-state index >= 15 is 0 Å². The van der Waals surface area contributed by atoms with E-state index in [0.29, 0.717) is 6.04 Å². The van der Waals surface area contributed by atoms with Gasteiger partial charge >= 0.3 is 0 Å². The first-order valence-electron chi connectivity index (χ1n) is 5.05. The van der Waals surface area contributed by atoms with E-state index in [1.165, 1.54) is 16.9 Å². The number of hydrogen-bond donors (Lipinski definition) is 1. The number of benzene rings is 1. The highest BCUT2D eigenvalue weighted by molar-refractivity contribution is 5.62. The number of anilines is 2. The van der Waals surface area contributed by atoms with Crippen molar-refractivity contribution >= 4 is 11.4 Å². The Morgan fingerprint density at radius 2 is 1.86 bits per heavy atom. The van der Waals surface area contributed by atoms with Crippen molar-refractivity contribution in [2.75, 3.05) is 24.3 Å². The second-order valence-corrected chi connectivity index (χ2v) is 4.19. The van der Waals surface area contributed by atoms with Gasteiger partial charge in [0.25, 0.3) is 0 Å². The van der Waals surface area contributed by atoms with Gasteiger partial charge in [-0.05, 0) is 38.5 Å². The van der Waals surface area contributed by atoms with Crippen molar-refractivity contribution in [1.29, 1.82) is 0 Å². The van der Waals surface area contributed by atoms with Crippen LogP contribution in [0.5, 0.6) is 0 Å². The minimum absolute atomic E-state index is 0.479. The SMILES string of the molecule is Cc1ccc(NC(C)C)cc1N(C)C. The minimum atomic E-state index is 0.479. The molecule has 1 N–H and O–H groups in total. The van der Waals surface area contributed by atoms with Gasteiger partial charge < -0.3 is 10.2 Å². The molecule has 14 heavy (non-hydrogen) atoms. The molecule has 78 valence electrons. The van der Waals surface area contributed by atoms with E-state index in [4.69, 9.17) is 0 Å². The molecule has 0 bridgehead atoms. The molecule has 0 radical (unpaired) electrons. The van der Waals surface area contributed by atoms with Gasteiger partial charge in [-0.25, -0.2) is 0 Å². The summed E-state index contributed by atoms with van der Waals surface area (Å²) in [6.45, 7) is 6.43. The first-order chi connectivity index (χ1) is 6.50. The van der Waals surface area contributed by atoms with Crippen LogP contribution in [0.15, 0.2) is 18.2 Å². The summed E-state index contributed by atoms with van der Waals surface area (Å²) in [4.78, 5) is 2.14. The predicted octanol–water partition coefficient (Wildman–Crippen LogP) is 2.88. The average molecular weight is 192 g/mol. The Morgan fingerprint density at radius 1 is 1.21 bits per heavy atom. The Balaban J connectivity index is 2.94. The Bertz CT molecular complexity index is 303. The zero-order chi connectivity index (χ0) is 10.7. The standard InChI is InChI=1S/C12H20N2/c1-9(2)13-11-7-6-10(3)12(8-11)14(4)5/h6-9,13H,1-5H3. The van der Waals surface area contributed by atoms with E-state index < -0.39 is 0 Å². The van der Waals surface area contributed by atoms with Gasteiger partial charge in [-0.1, -0.05) is 6.07 Å². The summed E-state index contributed by atoms with van der Waals surface area (Å²) in [5, 5.41) is 3.40. The molecule has 0 atom stereocenters. The normalized spacial score (nSPS) is 10.4. The topological polar surface area (TPSA) is 15.3 Å². The largest absolute Gasteiger partial charge is 0.383 e. The second-order valence-electron chi connectivity index (χ2n) is 4.19. The maximum absolute atomic E-state index is 3.40. The summed E-state index contributed by atoms with van der Waals surface area (Å²) in [5.41, 5.74) is 3.77. The molecule has 2 nitrogen and oxygen atoms in total. The Morgan fingerprint density at radius 3 is 2.36 bits per heavy atom. The Labute approximate surface area is 86.9 Å². The number of aryl methyl sites for hydroxylation is 1. The van der Waals surface area contributed by atoms with Gasteiger partial charge in [-0.15, -0.1) is 0 Å². The molecule has 0 aliphatic rings. The van der Waals surface area contributed by atoms with Crippen LogP contribution in [0, 0.1) is 6.92 Å². The summed E-state index contributed by atoms with van der Waals surface area (Å²) in [5.74, 6) is 0. The van der Waals surface area contributed by atoms with E-state index in [2.05, 4.69) is 63.3 Å². The fraction of sp³-hybridized carbons (Fsp3) is 0.500. The lowest BCUT2D eigenvalue weighted by atomic mass is 10.1. The van der Waals surface area contributed by atoms with Crippen molar-refractivity contribution < 1.29 is 0 Å². The molecule has 2 heteroatoms. The van der Waals surface area contributed by atoms with E-state index in [1.54, 1.807) is 0 Å². The molecule has 0 saturated heterocycles. The predicted molar refractivity (Wildman–Crippen MR) is 64.3 cm³/mol. The summed E-state index contributed by atoms with van der Waals surface area (Å²) in [6.07, 6.45) is 0. The van der Waals surface area contributed by atoms with Crippen LogP contribution in [0.1, 0.15) is 19.4 Å². The molecule has 0 saturated carbocycles. The van der Waals surface area contributed by atoms with Crippen LogP contribution in [0.4, 0.5) is 11.4 Å². The second kappa shape index (κ2) is 4.36. The van der Waals surface area contributed by atoms with Crippen molar-refractivity contribution in [3.05, 3.63) is 23.8 Å². The van der Waals surface area contributed by atoms with Gasteiger partial charge in [0.1, 0.15) is 0 Å². The smallest absolute Gasteiger partial charge is 0.0411 e. The van der Waals surface area contributed by atoms with Crippen molar-refractivity contribution in [2.45, 2.75) is 26.8 Å². The van der Waals surface area contributed by atoms with Gasteiger partial charge in [-0.2, -0.15) is 0 Å². The Hall–Kier alpha value is -1.18. The quantitative estimate of drug-likeness (QED) is 0.792. The molecule has 1 aromatic rings. The van der Waals surface area contributed by atoms with E-state index in [9.17, 15) is 0 Å². The number of rotatable bonds is 3. The highest BCUT2D eigenvalue weighted by Crippen LogP contribution is 2.22. The van der Waals surface area contributed by atoms with Crippen molar-refractivity contribution in [2.24, 2.45) is 0 Å². The highest BCUT2D eigenvalue weighted by atomic mass is 15.1. The zero-order valence-electron chi connectivity index (χ0n) is 9.76. The molecule has 0 aliphatic heterocycles. The molecule has 0 fully saturated rings. The number of nitrogens with one attached hydrogen (secondary N) is 1. The summed E-state index contributed by atoms with van der Waals surface area (Å²) in [6, 6.07) is 6.95. The van der Waals surface area contributed by atoms with Crippen LogP contribution < -0.4 is 10.2 Å². The maximum Gasteiger partial charge on any atom is 0.0411 e. The lowest BCUT2D eigenvalue weighted by Crippen LogP contribution is -2.13. The minimum Gasteiger partial charge on any atom is -0.383 e. The van der Waals surface area contributed by atoms with Gasteiger partial charge in [0.2, 0.25) is 0 Å². The monoisotopic (exact) mass is 192 g/mol. The third kappa shape index (κ3) is 2.66. The van der Waals surface area contributed by atoms with Gasteiger partial charge in [-0.3, -0.25) is 0 Å². The van der Waals surface area contributed by atoms with E-state index in [0.717, 1.165) is 0 Å². The maximum atomic E-state index is 3.40. The highest BCUT2D eigenvalue weighted by Gasteiger charge is 2.02. The first-order valence-corrected chi connectivity index (χ1v) is 5.05. The molecule has 0 unspecified atom stereocenters. The number of nitrogens with zero attached hydrogens (tertiary/aromatic N) is 1. The first kappa shape index (κ1) is 10.9. The zero-order valence-corrected chi connectivity index (χ0v) is 9.76. The van der Waals surface area contributed by atoms with Crippen molar-refractivity contribution in [3.8, 4) is 0 Å². The third-order valence-corrected chi connectivity index (χ3v) is 2.15. The van der Waals surface area contributed by atoms with Crippen LogP contribution in [-0.2, 0) is 0 Å². The molecule has 1 rings (SSSR count). The van der Waals surface area contributed by atoms with Crippen LogP contribution in [-0.4, -0.2) is 20.1 Å². The lowest BCUT2D eigenvalue weighted by molar-refractivity contribution is 0.899. The Kier molecular flexibility index (Phi) is 3.39. The molecular weight excluding hydrogens is 172 g/mol. The van der Waals surface area contributed by atoms with Gasteiger partial charge in [0.15, 0.2) is 0 Å². The van der Waals surface area contributed by atoms with E-state index in [-0.39, 0.29) is 0 Å². The fourth-order valence-electron chi connectivity index (χ4n) is 1.51. The molecule has 0 aromatic heterocycles. The molecule has 0 amide bonds. The molecule has 0 aliphatic carbocycles. The summed E-state index contributed by atoms with van der Waals surface area (Å²) < 4.78 is 0. The lowest BCUT2D eigenvalue weighted by Gasteiger charge is -2.18. The average Bonchev–Trinajstić information content (AvgIpc) is 2.07. The summed E-state index contributed by atoms with van der Waals surface area (Å²) in [7, 11) is 4.14.